The predicted molar refractivity (Wildman–Crippen MR) is 68.4 cm³/mol. The first-order chi connectivity index (χ1) is 8.32. The van der Waals surface area contributed by atoms with Gasteiger partial charge < -0.3 is 10.0 Å². The van der Waals surface area contributed by atoms with Gasteiger partial charge in [0.2, 0.25) is 0 Å². The van der Waals surface area contributed by atoms with Gasteiger partial charge in [0.25, 0.3) is 0 Å². The number of fused-ring (bicyclic) bond motifs is 1. The Morgan fingerprint density at radius 2 is 2.00 bits per heavy atom. The topological polar surface area (TPSA) is 57.6 Å². The molecule has 1 saturated heterocycles. The number of piperidine rings is 1. The van der Waals surface area contributed by atoms with E-state index in [1.54, 1.807) is 0 Å². The van der Waals surface area contributed by atoms with Crippen LogP contribution < -0.4 is 0 Å². The molecule has 4 nitrogen and oxygen atoms in total. The van der Waals surface area contributed by atoms with Gasteiger partial charge in [-0.2, -0.15) is 0 Å². The van der Waals surface area contributed by atoms with E-state index in [4.69, 9.17) is 0 Å². The van der Waals surface area contributed by atoms with Crippen LogP contribution in [0.5, 0.6) is 0 Å². The van der Waals surface area contributed by atoms with E-state index in [9.17, 15) is 14.7 Å². The van der Waals surface area contributed by atoms with Crippen molar-refractivity contribution in [2.75, 3.05) is 6.54 Å². The minimum absolute atomic E-state index is 0.0800. The third kappa shape index (κ3) is 2.25. The molecular formula is C14H23NO3. The van der Waals surface area contributed by atoms with Crippen LogP contribution in [0.3, 0.4) is 0 Å². The summed E-state index contributed by atoms with van der Waals surface area (Å²) in [6.07, 6.45) is 2.64. The summed E-state index contributed by atoms with van der Waals surface area (Å²) in [5.41, 5.74) is -0.186. The quantitative estimate of drug-likeness (QED) is 0.722. The SMILES string of the molecule is CC(C)(C)C1C2C(=O)CCCC2CCN1C(=O)O. The number of hydrogen-bond donors (Lipinski definition) is 1. The number of carboxylic acid groups (broad SMARTS) is 1. The second kappa shape index (κ2) is 4.56. The number of rotatable bonds is 0. The molecule has 1 aliphatic heterocycles. The summed E-state index contributed by atoms with van der Waals surface area (Å²) in [6, 6.07) is -0.165. The molecule has 0 bridgehead atoms. The Kier molecular flexibility index (Phi) is 3.39. The van der Waals surface area contributed by atoms with Gasteiger partial charge in [-0.15, -0.1) is 0 Å². The highest BCUT2D eigenvalue weighted by atomic mass is 16.4. The molecule has 102 valence electrons. The van der Waals surface area contributed by atoms with Crippen molar-refractivity contribution in [2.24, 2.45) is 17.3 Å². The van der Waals surface area contributed by atoms with Gasteiger partial charge in [0.15, 0.2) is 0 Å². The lowest BCUT2D eigenvalue weighted by atomic mass is 9.64. The van der Waals surface area contributed by atoms with Crippen LogP contribution in [0.15, 0.2) is 0 Å². The molecule has 4 heteroatoms. The first-order valence-electron chi connectivity index (χ1n) is 6.84. The van der Waals surface area contributed by atoms with Gasteiger partial charge >= 0.3 is 6.09 Å². The largest absolute Gasteiger partial charge is 0.465 e. The summed E-state index contributed by atoms with van der Waals surface area (Å²) in [6.45, 7) is 6.69. The Morgan fingerprint density at radius 1 is 1.33 bits per heavy atom. The summed E-state index contributed by atoms with van der Waals surface area (Å²) in [5.74, 6) is 0.590. The van der Waals surface area contributed by atoms with Crippen LogP contribution in [0.4, 0.5) is 4.79 Å². The Labute approximate surface area is 108 Å². The fraction of sp³-hybridized carbons (Fsp3) is 0.857. The van der Waals surface area contributed by atoms with Gasteiger partial charge in [0, 0.05) is 24.9 Å². The molecule has 1 aliphatic carbocycles. The lowest BCUT2D eigenvalue weighted by Gasteiger charge is -2.50. The number of amides is 1. The van der Waals surface area contributed by atoms with Crippen molar-refractivity contribution in [3.8, 4) is 0 Å². The molecule has 0 aromatic rings. The van der Waals surface area contributed by atoms with Crippen molar-refractivity contribution in [3.05, 3.63) is 0 Å². The van der Waals surface area contributed by atoms with E-state index in [1.165, 1.54) is 4.90 Å². The average molecular weight is 253 g/mol. The second-order valence-corrected chi connectivity index (χ2v) is 6.72. The number of carbonyl (C=O) groups excluding carboxylic acids is 1. The van der Waals surface area contributed by atoms with E-state index >= 15 is 0 Å². The highest BCUT2D eigenvalue weighted by molar-refractivity contribution is 5.83. The monoisotopic (exact) mass is 253 g/mol. The Morgan fingerprint density at radius 3 is 2.56 bits per heavy atom. The van der Waals surface area contributed by atoms with Crippen LogP contribution >= 0.6 is 0 Å². The lowest BCUT2D eigenvalue weighted by Crippen LogP contribution is -2.59. The molecule has 2 rings (SSSR count). The average Bonchev–Trinajstić information content (AvgIpc) is 2.26. The predicted octanol–water partition coefficient (Wildman–Crippen LogP) is 2.77. The molecule has 1 N–H and O–H groups in total. The van der Waals surface area contributed by atoms with Crippen molar-refractivity contribution < 1.29 is 14.7 Å². The summed E-state index contributed by atoms with van der Waals surface area (Å²) >= 11 is 0. The van der Waals surface area contributed by atoms with Crippen molar-refractivity contribution in [2.45, 2.75) is 52.5 Å². The minimum atomic E-state index is -0.883. The Balaban J connectivity index is 2.35. The molecule has 3 unspecified atom stereocenters. The van der Waals surface area contributed by atoms with Gasteiger partial charge in [-0.3, -0.25) is 4.79 Å². The zero-order chi connectivity index (χ0) is 13.5. The van der Waals surface area contributed by atoms with E-state index in [0.29, 0.717) is 18.9 Å². The zero-order valence-corrected chi connectivity index (χ0v) is 11.5. The molecule has 0 aromatic heterocycles. The highest BCUT2D eigenvalue weighted by Gasteiger charge is 2.49. The van der Waals surface area contributed by atoms with E-state index in [-0.39, 0.29) is 23.2 Å². The third-order valence-electron chi connectivity index (χ3n) is 4.43. The van der Waals surface area contributed by atoms with Gasteiger partial charge in [0.1, 0.15) is 5.78 Å². The summed E-state index contributed by atoms with van der Waals surface area (Å²) in [4.78, 5) is 25.1. The molecule has 18 heavy (non-hydrogen) atoms. The third-order valence-corrected chi connectivity index (χ3v) is 4.43. The Hall–Kier alpha value is -1.06. The standard InChI is InChI=1S/C14H23NO3/c1-14(2,3)12-11-9(5-4-6-10(11)16)7-8-15(12)13(17)18/h9,11-12H,4-8H2,1-3H3,(H,17,18). The van der Waals surface area contributed by atoms with Crippen LogP contribution in [0.25, 0.3) is 0 Å². The summed E-state index contributed by atoms with van der Waals surface area (Å²) in [5, 5.41) is 9.36. The van der Waals surface area contributed by atoms with Gasteiger partial charge in [-0.05, 0) is 30.6 Å². The number of carbonyl (C=O) groups is 2. The van der Waals surface area contributed by atoms with E-state index in [0.717, 1.165) is 19.3 Å². The molecule has 0 radical (unpaired) electrons. The maximum atomic E-state index is 12.2. The van der Waals surface area contributed by atoms with Gasteiger partial charge in [0.05, 0.1) is 0 Å². The second-order valence-electron chi connectivity index (χ2n) is 6.72. The first-order valence-corrected chi connectivity index (χ1v) is 6.84. The summed E-state index contributed by atoms with van der Waals surface area (Å²) in [7, 11) is 0. The number of ketones is 1. The number of hydrogen-bond acceptors (Lipinski definition) is 2. The van der Waals surface area contributed by atoms with Crippen molar-refractivity contribution >= 4 is 11.9 Å². The normalized spacial score (nSPS) is 33.2. The zero-order valence-electron chi connectivity index (χ0n) is 11.5. The maximum Gasteiger partial charge on any atom is 0.407 e. The highest BCUT2D eigenvalue weighted by Crippen LogP contribution is 2.44. The summed E-state index contributed by atoms with van der Waals surface area (Å²) < 4.78 is 0. The minimum Gasteiger partial charge on any atom is -0.465 e. The molecule has 2 aliphatic rings. The van der Waals surface area contributed by atoms with Crippen molar-refractivity contribution in [1.82, 2.24) is 4.90 Å². The molecule has 0 spiro atoms. The number of nitrogens with zero attached hydrogens (tertiary/aromatic N) is 1. The first kappa shape index (κ1) is 13.4. The van der Waals surface area contributed by atoms with Crippen molar-refractivity contribution in [1.29, 1.82) is 0 Å². The smallest absolute Gasteiger partial charge is 0.407 e. The number of likely N-dealkylation sites (tertiary alicyclic amines) is 1. The Bertz CT molecular complexity index is 359. The van der Waals surface area contributed by atoms with E-state index in [2.05, 4.69) is 0 Å². The molecular weight excluding hydrogens is 230 g/mol. The van der Waals surface area contributed by atoms with E-state index in [1.807, 2.05) is 20.8 Å². The van der Waals surface area contributed by atoms with Gasteiger partial charge in [-0.1, -0.05) is 20.8 Å². The van der Waals surface area contributed by atoms with E-state index < -0.39 is 6.09 Å². The molecule has 1 heterocycles. The van der Waals surface area contributed by atoms with Gasteiger partial charge in [-0.25, -0.2) is 4.79 Å². The fourth-order valence-electron chi connectivity index (χ4n) is 3.76. The van der Waals surface area contributed by atoms with Crippen LogP contribution in [-0.2, 0) is 4.79 Å². The maximum absolute atomic E-state index is 12.2. The molecule has 0 aromatic carbocycles. The van der Waals surface area contributed by atoms with Crippen LogP contribution in [0, 0.1) is 17.3 Å². The van der Waals surface area contributed by atoms with Crippen molar-refractivity contribution in [3.63, 3.8) is 0 Å². The van der Waals surface area contributed by atoms with Crippen LogP contribution in [-0.4, -0.2) is 34.5 Å². The molecule has 3 atom stereocenters. The molecule has 1 amide bonds. The van der Waals surface area contributed by atoms with Crippen LogP contribution in [0.2, 0.25) is 0 Å². The number of Topliss-reactive ketones (excluding diaryl/α,β-unsaturated/α-hetero) is 1. The molecule has 2 fully saturated rings. The molecule has 1 saturated carbocycles. The lowest BCUT2D eigenvalue weighted by molar-refractivity contribution is -0.135. The van der Waals surface area contributed by atoms with Crippen LogP contribution in [0.1, 0.15) is 46.5 Å². The fourth-order valence-corrected chi connectivity index (χ4v) is 3.76.